The largest absolute Gasteiger partial charge is 0.492 e. The van der Waals surface area contributed by atoms with Crippen LogP contribution in [0.25, 0.3) is 33.8 Å². The second-order valence-corrected chi connectivity index (χ2v) is 7.63. The van der Waals surface area contributed by atoms with Crippen LogP contribution in [0, 0.1) is 5.82 Å². The molecular formula is C26H31FN4O3S. The van der Waals surface area contributed by atoms with Crippen LogP contribution in [0.2, 0.25) is 0 Å². The van der Waals surface area contributed by atoms with Crippen LogP contribution in [-0.4, -0.2) is 54.3 Å². The maximum atomic E-state index is 14.2. The van der Waals surface area contributed by atoms with Gasteiger partial charge in [-0.15, -0.1) is 0 Å². The molecule has 186 valence electrons. The van der Waals surface area contributed by atoms with Crippen LogP contribution in [0.15, 0.2) is 59.1 Å². The maximum Gasteiger partial charge on any atom is 0.231 e. The summed E-state index contributed by atoms with van der Waals surface area (Å²) in [6.45, 7) is 8.99. The van der Waals surface area contributed by atoms with Crippen molar-refractivity contribution in [1.29, 1.82) is 0 Å². The van der Waals surface area contributed by atoms with E-state index < -0.39 is 5.82 Å². The van der Waals surface area contributed by atoms with Gasteiger partial charge in [0.2, 0.25) is 5.89 Å². The molecule has 0 spiro atoms. The summed E-state index contributed by atoms with van der Waals surface area (Å²) in [5, 5.41) is 0. The molecule has 1 aliphatic rings. The molecule has 0 atom stereocenters. The van der Waals surface area contributed by atoms with Crippen molar-refractivity contribution < 1.29 is 18.3 Å². The third kappa shape index (κ3) is 6.50. The summed E-state index contributed by atoms with van der Waals surface area (Å²) in [7, 11) is 0. The first-order valence-corrected chi connectivity index (χ1v) is 11.5. The van der Waals surface area contributed by atoms with Crippen LogP contribution < -0.4 is 10.5 Å². The molecule has 1 aliphatic heterocycles. The van der Waals surface area contributed by atoms with Crippen molar-refractivity contribution in [3.05, 3.63) is 60.5 Å². The van der Waals surface area contributed by atoms with E-state index in [9.17, 15) is 4.39 Å². The number of nitrogens with two attached hydrogens (primary N) is 1. The molecular weight excluding hydrogens is 467 g/mol. The highest BCUT2D eigenvalue weighted by Crippen LogP contribution is 2.30. The maximum absolute atomic E-state index is 14.2. The van der Waals surface area contributed by atoms with Crippen LogP contribution in [0.3, 0.4) is 0 Å². The average molecular weight is 499 g/mol. The summed E-state index contributed by atoms with van der Waals surface area (Å²) >= 11 is 0. The monoisotopic (exact) mass is 498 g/mol. The molecule has 3 heterocycles. The van der Waals surface area contributed by atoms with E-state index in [0.717, 1.165) is 49.7 Å². The zero-order valence-electron chi connectivity index (χ0n) is 20.0. The second kappa shape index (κ2) is 12.5. The summed E-state index contributed by atoms with van der Waals surface area (Å²) in [5.74, 6) is 0.517. The number of rotatable bonds is 6. The Morgan fingerprint density at radius 2 is 1.77 bits per heavy atom. The van der Waals surface area contributed by atoms with Crippen molar-refractivity contribution in [3.63, 3.8) is 0 Å². The average Bonchev–Trinajstić information content (AvgIpc) is 3.31. The number of pyridine rings is 1. The van der Waals surface area contributed by atoms with Gasteiger partial charge >= 0.3 is 0 Å². The molecule has 7 nitrogen and oxygen atoms in total. The summed E-state index contributed by atoms with van der Waals surface area (Å²) in [4.78, 5) is 11.0. The predicted molar refractivity (Wildman–Crippen MR) is 142 cm³/mol. The number of oxazole rings is 1. The van der Waals surface area contributed by atoms with Gasteiger partial charge in [0.05, 0.1) is 18.8 Å². The van der Waals surface area contributed by atoms with Gasteiger partial charge < -0.3 is 19.6 Å². The molecule has 0 unspecified atom stereocenters. The number of benzene rings is 2. The zero-order valence-corrected chi connectivity index (χ0v) is 21.0. The van der Waals surface area contributed by atoms with Crippen molar-refractivity contribution in [3.8, 4) is 28.3 Å². The molecule has 35 heavy (non-hydrogen) atoms. The molecule has 0 aliphatic carbocycles. The lowest BCUT2D eigenvalue weighted by Gasteiger charge is -2.26. The molecule has 1 fully saturated rings. The fourth-order valence-corrected chi connectivity index (χ4v) is 3.66. The number of nitrogens with zero attached hydrogens (tertiary/aromatic N) is 3. The third-order valence-corrected chi connectivity index (χ3v) is 5.44. The van der Waals surface area contributed by atoms with E-state index in [1.165, 1.54) is 18.2 Å². The number of hydrogen-bond donors (Lipinski definition) is 1. The van der Waals surface area contributed by atoms with Crippen molar-refractivity contribution >= 4 is 30.4 Å². The van der Waals surface area contributed by atoms with E-state index in [1.54, 1.807) is 6.20 Å². The molecule has 2 aromatic carbocycles. The van der Waals surface area contributed by atoms with Crippen molar-refractivity contribution in [1.82, 2.24) is 14.9 Å². The van der Waals surface area contributed by atoms with Gasteiger partial charge in [-0.2, -0.15) is 18.5 Å². The first-order chi connectivity index (χ1) is 16.7. The fourth-order valence-electron chi connectivity index (χ4n) is 3.66. The Hall–Kier alpha value is -3.14. The molecule has 5 rings (SSSR count). The molecule has 1 saturated heterocycles. The number of nitrogen functional groups attached to an aromatic ring is 1. The lowest BCUT2D eigenvalue weighted by molar-refractivity contribution is 0.0322. The van der Waals surface area contributed by atoms with Crippen LogP contribution in [0.4, 0.5) is 10.1 Å². The summed E-state index contributed by atoms with van der Waals surface area (Å²) < 4.78 is 31.2. The van der Waals surface area contributed by atoms with Gasteiger partial charge in [0, 0.05) is 37.1 Å². The number of morpholine rings is 1. The predicted octanol–water partition coefficient (Wildman–Crippen LogP) is 5.13. The Kier molecular flexibility index (Phi) is 9.47. The molecule has 0 amide bonds. The standard InChI is InChI=1S/C24H23FN4O3.C2H6.H2S/c25-21-6-3-18(26)14-20(21)24-28-23-22(32-24)13-17(15-27-23)16-1-4-19(5-2-16)31-12-9-29-7-10-30-11-8-29;1-2;/h1-6,13-15H,7-12,26H2;1-2H3;1H2. The fraction of sp³-hybridized carbons (Fsp3) is 0.308. The molecule has 0 bridgehead atoms. The van der Waals surface area contributed by atoms with E-state index in [2.05, 4.69) is 14.9 Å². The van der Waals surface area contributed by atoms with E-state index >= 15 is 0 Å². The quantitative estimate of drug-likeness (QED) is 0.369. The minimum absolute atomic E-state index is 0. The molecule has 2 N–H and O–H groups in total. The highest BCUT2D eigenvalue weighted by molar-refractivity contribution is 7.59. The van der Waals surface area contributed by atoms with E-state index in [1.807, 2.05) is 44.2 Å². The normalized spacial score (nSPS) is 13.6. The lowest BCUT2D eigenvalue weighted by atomic mass is 10.1. The van der Waals surface area contributed by atoms with Gasteiger partial charge in [-0.25, -0.2) is 9.37 Å². The van der Waals surface area contributed by atoms with Crippen LogP contribution in [0.1, 0.15) is 13.8 Å². The van der Waals surface area contributed by atoms with Gasteiger partial charge in [-0.1, -0.05) is 26.0 Å². The van der Waals surface area contributed by atoms with Gasteiger partial charge in [-0.05, 0) is 42.0 Å². The Balaban J connectivity index is 0.00000111. The lowest BCUT2D eigenvalue weighted by Crippen LogP contribution is -2.38. The Bertz CT molecular complexity index is 1230. The third-order valence-electron chi connectivity index (χ3n) is 5.44. The first kappa shape index (κ1) is 26.5. The minimum atomic E-state index is -0.449. The topological polar surface area (TPSA) is 86.6 Å². The number of halogens is 1. The summed E-state index contributed by atoms with van der Waals surface area (Å²) in [5.41, 5.74) is 9.14. The SMILES string of the molecule is CC.Nc1ccc(F)c(-c2nc3ncc(-c4ccc(OCCN5CCOCC5)cc4)cc3o2)c1.S. The van der Waals surface area contributed by atoms with E-state index in [4.69, 9.17) is 19.6 Å². The number of fused-ring (bicyclic) bond motifs is 1. The molecule has 9 heteroatoms. The number of hydrogen-bond acceptors (Lipinski definition) is 7. The highest BCUT2D eigenvalue weighted by atomic mass is 32.1. The molecule has 4 aromatic rings. The summed E-state index contributed by atoms with van der Waals surface area (Å²) in [6, 6.07) is 14.0. The van der Waals surface area contributed by atoms with Gasteiger partial charge in [-0.3, -0.25) is 4.90 Å². The molecule has 2 aromatic heterocycles. The van der Waals surface area contributed by atoms with Crippen molar-refractivity contribution in [2.24, 2.45) is 0 Å². The van der Waals surface area contributed by atoms with Gasteiger partial charge in [0.1, 0.15) is 18.2 Å². The zero-order chi connectivity index (χ0) is 23.9. The first-order valence-electron chi connectivity index (χ1n) is 11.5. The van der Waals surface area contributed by atoms with Crippen molar-refractivity contribution in [2.45, 2.75) is 13.8 Å². The summed E-state index contributed by atoms with van der Waals surface area (Å²) in [6.07, 6.45) is 1.72. The Morgan fingerprint density at radius 3 is 2.51 bits per heavy atom. The second-order valence-electron chi connectivity index (χ2n) is 7.63. The van der Waals surface area contributed by atoms with E-state index in [-0.39, 0.29) is 24.9 Å². The number of anilines is 1. The number of ether oxygens (including phenoxy) is 2. The smallest absolute Gasteiger partial charge is 0.231 e. The van der Waals surface area contributed by atoms with Gasteiger partial charge in [0.15, 0.2) is 11.2 Å². The van der Waals surface area contributed by atoms with Gasteiger partial charge in [0.25, 0.3) is 0 Å². The Labute approximate surface area is 211 Å². The Morgan fingerprint density at radius 1 is 1.03 bits per heavy atom. The molecule has 0 radical (unpaired) electrons. The highest BCUT2D eigenvalue weighted by Gasteiger charge is 2.15. The van der Waals surface area contributed by atoms with Crippen LogP contribution in [0.5, 0.6) is 5.75 Å². The number of aromatic nitrogens is 2. The molecule has 0 saturated carbocycles. The minimum Gasteiger partial charge on any atom is -0.492 e. The van der Waals surface area contributed by atoms with Crippen LogP contribution >= 0.6 is 13.5 Å². The van der Waals surface area contributed by atoms with E-state index in [0.29, 0.717) is 23.5 Å². The van der Waals surface area contributed by atoms with Crippen LogP contribution in [-0.2, 0) is 4.74 Å². The van der Waals surface area contributed by atoms with Crippen molar-refractivity contribution in [2.75, 3.05) is 45.2 Å².